The SMILES string of the molecule is CC(C)NCCc1nnc(-c2cc(Cl)ccc2F)o1. The molecular weight excluding hydrogens is 269 g/mol. The summed E-state index contributed by atoms with van der Waals surface area (Å²) in [6, 6.07) is 4.62. The number of rotatable bonds is 5. The summed E-state index contributed by atoms with van der Waals surface area (Å²) < 4.78 is 19.1. The van der Waals surface area contributed by atoms with Crippen molar-refractivity contribution in [1.29, 1.82) is 0 Å². The van der Waals surface area contributed by atoms with E-state index in [1.165, 1.54) is 18.2 Å². The molecule has 1 aromatic heterocycles. The Bertz CT molecular complexity index is 557. The minimum absolute atomic E-state index is 0.152. The van der Waals surface area contributed by atoms with Crippen molar-refractivity contribution < 1.29 is 8.81 Å². The summed E-state index contributed by atoms with van der Waals surface area (Å²) in [6.07, 6.45) is 0.605. The molecule has 0 amide bonds. The fourth-order valence-corrected chi connectivity index (χ4v) is 1.76. The molecule has 0 fully saturated rings. The second-order valence-electron chi connectivity index (χ2n) is 4.48. The second kappa shape index (κ2) is 6.12. The quantitative estimate of drug-likeness (QED) is 0.916. The topological polar surface area (TPSA) is 51.0 Å². The number of nitrogens with zero attached hydrogens (tertiary/aromatic N) is 2. The monoisotopic (exact) mass is 283 g/mol. The highest BCUT2D eigenvalue weighted by Gasteiger charge is 2.13. The van der Waals surface area contributed by atoms with Gasteiger partial charge in [0, 0.05) is 24.0 Å². The average molecular weight is 284 g/mol. The summed E-state index contributed by atoms with van der Waals surface area (Å²) >= 11 is 5.83. The lowest BCUT2D eigenvalue weighted by molar-refractivity contribution is 0.482. The van der Waals surface area contributed by atoms with E-state index in [9.17, 15) is 4.39 Å². The van der Waals surface area contributed by atoms with Crippen molar-refractivity contribution in [3.8, 4) is 11.5 Å². The van der Waals surface area contributed by atoms with Crippen molar-refractivity contribution in [2.45, 2.75) is 26.3 Å². The molecule has 0 saturated heterocycles. The summed E-state index contributed by atoms with van der Waals surface area (Å²) in [7, 11) is 0. The number of nitrogens with one attached hydrogen (secondary N) is 1. The Morgan fingerprint density at radius 3 is 2.89 bits per heavy atom. The van der Waals surface area contributed by atoms with Crippen LogP contribution < -0.4 is 5.32 Å². The smallest absolute Gasteiger partial charge is 0.250 e. The first-order valence-corrected chi connectivity index (χ1v) is 6.45. The maximum atomic E-state index is 13.6. The zero-order valence-corrected chi connectivity index (χ0v) is 11.5. The third-order valence-corrected chi connectivity index (χ3v) is 2.75. The molecule has 19 heavy (non-hydrogen) atoms. The molecule has 0 aliphatic rings. The van der Waals surface area contributed by atoms with Gasteiger partial charge in [-0.1, -0.05) is 25.4 Å². The molecule has 0 saturated carbocycles. The maximum Gasteiger partial charge on any atom is 0.250 e. The number of hydrogen-bond donors (Lipinski definition) is 1. The summed E-state index contributed by atoms with van der Waals surface area (Å²) in [4.78, 5) is 0. The van der Waals surface area contributed by atoms with Gasteiger partial charge in [0.15, 0.2) is 0 Å². The number of halogens is 2. The van der Waals surface area contributed by atoms with Crippen molar-refractivity contribution >= 4 is 11.6 Å². The van der Waals surface area contributed by atoms with Gasteiger partial charge >= 0.3 is 0 Å². The first-order valence-electron chi connectivity index (χ1n) is 6.07. The zero-order valence-electron chi connectivity index (χ0n) is 10.8. The van der Waals surface area contributed by atoms with Crippen LogP contribution >= 0.6 is 11.6 Å². The van der Waals surface area contributed by atoms with E-state index in [2.05, 4.69) is 29.4 Å². The third kappa shape index (κ3) is 3.75. The molecule has 6 heteroatoms. The van der Waals surface area contributed by atoms with E-state index in [-0.39, 0.29) is 11.5 Å². The highest BCUT2D eigenvalue weighted by Crippen LogP contribution is 2.24. The highest BCUT2D eigenvalue weighted by molar-refractivity contribution is 6.30. The Hall–Kier alpha value is -1.46. The van der Waals surface area contributed by atoms with Gasteiger partial charge in [0.25, 0.3) is 5.89 Å². The van der Waals surface area contributed by atoms with Crippen LogP contribution in [0.3, 0.4) is 0 Å². The molecule has 0 radical (unpaired) electrons. The first kappa shape index (κ1) is 14.0. The molecule has 1 aromatic carbocycles. The fraction of sp³-hybridized carbons (Fsp3) is 0.385. The molecule has 0 aliphatic carbocycles. The molecule has 4 nitrogen and oxygen atoms in total. The molecule has 0 aliphatic heterocycles. The van der Waals surface area contributed by atoms with Gasteiger partial charge in [-0.05, 0) is 18.2 Å². The van der Waals surface area contributed by atoms with E-state index >= 15 is 0 Å². The van der Waals surface area contributed by atoms with Crippen molar-refractivity contribution in [3.05, 3.63) is 34.9 Å². The van der Waals surface area contributed by atoms with E-state index in [1.807, 2.05) is 0 Å². The Morgan fingerprint density at radius 1 is 1.37 bits per heavy atom. The molecule has 0 unspecified atom stereocenters. The molecule has 0 spiro atoms. The van der Waals surface area contributed by atoms with E-state index < -0.39 is 5.82 Å². The van der Waals surface area contributed by atoms with Crippen LogP contribution in [0.15, 0.2) is 22.6 Å². The van der Waals surface area contributed by atoms with Gasteiger partial charge in [0.1, 0.15) is 5.82 Å². The third-order valence-electron chi connectivity index (χ3n) is 2.52. The van der Waals surface area contributed by atoms with E-state index in [4.69, 9.17) is 16.0 Å². The van der Waals surface area contributed by atoms with Crippen molar-refractivity contribution in [2.75, 3.05) is 6.54 Å². The predicted octanol–water partition coefficient (Wildman–Crippen LogP) is 3.07. The van der Waals surface area contributed by atoms with Crippen LogP contribution in [0.4, 0.5) is 4.39 Å². The van der Waals surface area contributed by atoms with Gasteiger partial charge in [0.05, 0.1) is 5.56 Å². The Labute approximate surface area is 116 Å². The molecule has 1 heterocycles. The molecule has 0 atom stereocenters. The van der Waals surface area contributed by atoms with Crippen molar-refractivity contribution in [3.63, 3.8) is 0 Å². The molecule has 2 rings (SSSR count). The molecule has 1 N–H and O–H groups in total. The Balaban J connectivity index is 2.10. The summed E-state index contributed by atoms with van der Waals surface area (Å²) in [6.45, 7) is 4.85. The zero-order chi connectivity index (χ0) is 13.8. The number of aromatic nitrogens is 2. The van der Waals surface area contributed by atoms with Gasteiger partial charge in [-0.3, -0.25) is 0 Å². The van der Waals surface area contributed by atoms with Crippen LogP contribution in [0.5, 0.6) is 0 Å². The van der Waals surface area contributed by atoms with Gasteiger partial charge in [-0.25, -0.2) is 4.39 Å². The molecule has 0 bridgehead atoms. The fourth-order valence-electron chi connectivity index (χ4n) is 1.59. The average Bonchev–Trinajstić information content (AvgIpc) is 2.80. The van der Waals surface area contributed by atoms with Crippen LogP contribution in [0.25, 0.3) is 11.5 Å². The first-order chi connectivity index (χ1) is 9.06. The maximum absolute atomic E-state index is 13.6. The normalized spacial score (nSPS) is 11.2. The van der Waals surface area contributed by atoms with E-state index in [0.717, 1.165) is 6.54 Å². The summed E-state index contributed by atoms with van der Waals surface area (Å²) in [5.74, 6) is 0.196. The van der Waals surface area contributed by atoms with Crippen LogP contribution in [-0.2, 0) is 6.42 Å². The van der Waals surface area contributed by atoms with Crippen LogP contribution in [0, 0.1) is 5.82 Å². The Kier molecular flexibility index (Phi) is 4.50. The Morgan fingerprint density at radius 2 is 2.16 bits per heavy atom. The summed E-state index contributed by atoms with van der Waals surface area (Å²) in [5, 5.41) is 11.4. The summed E-state index contributed by atoms with van der Waals surface area (Å²) in [5.41, 5.74) is 0.225. The van der Waals surface area contributed by atoms with Crippen molar-refractivity contribution in [2.24, 2.45) is 0 Å². The van der Waals surface area contributed by atoms with Crippen LogP contribution in [-0.4, -0.2) is 22.8 Å². The van der Waals surface area contributed by atoms with E-state index in [0.29, 0.717) is 23.4 Å². The van der Waals surface area contributed by atoms with Gasteiger partial charge in [-0.2, -0.15) is 0 Å². The van der Waals surface area contributed by atoms with Crippen LogP contribution in [0.1, 0.15) is 19.7 Å². The largest absolute Gasteiger partial charge is 0.421 e. The van der Waals surface area contributed by atoms with Gasteiger partial charge < -0.3 is 9.73 Å². The minimum Gasteiger partial charge on any atom is -0.421 e. The minimum atomic E-state index is -0.431. The lowest BCUT2D eigenvalue weighted by Gasteiger charge is -2.04. The van der Waals surface area contributed by atoms with Gasteiger partial charge in [-0.15, -0.1) is 10.2 Å². The lowest BCUT2D eigenvalue weighted by Crippen LogP contribution is -2.25. The van der Waals surface area contributed by atoms with E-state index in [1.54, 1.807) is 0 Å². The number of benzene rings is 1. The number of hydrogen-bond acceptors (Lipinski definition) is 4. The van der Waals surface area contributed by atoms with Crippen molar-refractivity contribution in [1.82, 2.24) is 15.5 Å². The highest BCUT2D eigenvalue weighted by atomic mass is 35.5. The van der Waals surface area contributed by atoms with Crippen LogP contribution in [0.2, 0.25) is 5.02 Å². The standard InChI is InChI=1S/C13H15ClFN3O/c1-8(2)16-6-5-12-17-18-13(19-12)10-7-9(14)3-4-11(10)15/h3-4,7-8,16H,5-6H2,1-2H3. The molecular formula is C13H15ClFN3O. The second-order valence-corrected chi connectivity index (χ2v) is 4.92. The van der Waals surface area contributed by atoms with Gasteiger partial charge in [0.2, 0.25) is 5.89 Å². The molecule has 2 aromatic rings. The predicted molar refractivity (Wildman–Crippen MR) is 71.5 cm³/mol. The lowest BCUT2D eigenvalue weighted by atomic mass is 10.2. The molecule has 102 valence electrons.